The summed E-state index contributed by atoms with van der Waals surface area (Å²) in [4.78, 5) is 29.0. The number of rotatable bonds is 10. The summed E-state index contributed by atoms with van der Waals surface area (Å²) in [6.45, 7) is 13.1. The maximum atomic E-state index is 12.5. The molecule has 4 heterocycles. The van der Waals surface area contributed by atoms with E-state index in [1.54, 1.807) is 4.52 Å². The Labute approximate surface area is 272 Å². The van der Waals surface area contributed by atoms with Crippen molar-refractivity contribution in [1.29, 1.82) is 0 Å². The number of para-hydroxylation sites is 2. The van der Waals surface area contributed by atoms with E-state index in [1.807, 2.05) is 80.7 Å². The van der Waals surface area contributed by atoms with Gasteiger partial charge in [-0.1, -0.05) is 50.3 Å². The van der Waals surface area contributed by atoms with Gasteiger partial charge in [-0.15, -0.1) is 5.10 Å². The predicted molar refractivity (Wildman–Crippen MR) is 182 cm³/mol. The molecule has 2 N–H and O–H groups in total. The summed E-state index contributed by atoms with van der Waals surface area (Å²) in [5.74, 6) is 4.46. The van der Waals surface area contributed by atoms with Crippen LogP contribution in [0.4, 0.5) is 0 Å². The second kappa shape index (κ2) is 14.5. The van der Waals surface area contributed by atoms with Crippen LogP contribution in [0.2, 0.25) is 0 Å². The lowest BCUT2D eigenvalue weighted by molar-refractivity contribution is 0.341. The Balaban J connectivity index is 0.000000181. The Kier molecular flexibility index (Phi) is 10.3. The van der Waals surface area contributed by atoms with Gasteiger partial charge >= 0.3 is 0 Å². The number of aromatic amines is 2. The minimum absolute atomic E-state index is 0.186. The molecule has 0 radical (unpaired) electrons. The number of aryl methyl sites for hydroxylation is 4. The zero-order valence-electron chi connectivity index (χ0n) is 27.2. The van der Waals surface area contributed by atoms with Crippen LogP contribution in [0.5, 0.6) is 11.5 Å². The Morgan fingerprint density at radius 1 is 0.739 bits per heavy atom. The molecule has 0 aliphatic carbocycles. The molecule has 11 nitrogen and oxygen atoms in total. The smallest absolute Gasteiger partial charge is 0.277 e. The van der Waals surface area contributed by atoms with Crippen molar-refractivity contribution in [3.63, 3.8) is 0 Å². The molecule has 0 aliphatic heterocycles. The number of hydrogen-bond acceptors (Lipinski definition) is 8. The summed E-state index contributed by atoms with van der Waals surface area (Å²) in [6.07, 6.45) is 3.62. The first kappa shape index (κ1) is 32.6. The molecule has 0 bridgehead atoms. The van der Waals surface area contributed by atoms with Crippen LogP contribution in [0, 0.1) is 18.5 Å². The SMILES string of the molecule is CCCc1nc(C)c2c(=O)[nH]c(-c3ccccc3OCC)nn12.CCCc1nc(C)c2c(=S)nc(-c3ccccc3OCC)[nH]n12. The van der Waals surface area contributed by atoms with E-state index in [0.717, 1.165) is 65.4 Å². The van der Waals surface area contributed by atoms with Crippen LogP contribution in [-0.2, 0) is 12.8 Å². The van der Waals surface area contributed by atoms with E-state index in [4.69, 9.17) is 21.7 Å². The Hall–Kier alpha value is -4.84. The molecule has 4 aromatic heterocycles. The molecule has 0 saturated heterocycles. The van der Waals surface area contributed by atoms with Crippen molar-refractivity contribution in [2.75, 3.05) is 13.2 Å². The summed E-state index contributed by atoms with van der Waals surface area (Å²) in [5, 5.41) is 7.96. The second-order valence-electron chi connectivity index (χ2n) is 10.7. The number of fused-ring (bicyclic) bond motifs is 2. The molecule has 6 aromatic rings. The number of nitrogens with one attached hydrogen (secondary N) is 2. The van der Waals surface area contributed by atoms with Gasteiger partial charge in [-0.05, 0) is 64.8 Å². The average Bonchev–Trinajstić information content (AvgIpc) is 3.54. The van der Waals surface area contributed by atoms with Crippen molar-refractivity contribution in [3.8, 4) is 34.3 Å². The Morgan fingerprint density at radius 3 is 1.89 bits per heavy atom. The lowest BCUT2D eigenvalue weighted by Crippen LogP contribution is -2.15. The number of H-pyrrole nitrogens is 2. The van der Waals surface area contributed by atoms with Crippen molar-refractivity contribution in [3.05, 3.63) is 86.6 Å². The fraction of sp³-hybridized carbons (Fsp3) is 0.353. The van der Waals surface area contributed by atoms with Gasteiger partial charge in [-0.3, -0.25) is 9.89 Å². The fourth-order valence-corrected chi connectivity index (χ4v) is 5.72. The third-order valence-electron chi connectivity index (χ3n) is 7.33. The largest absolute Gasteiger partial charge is 0.493 e. The van der Waals surface area contributed by atoms with Gasteiger partial charge in [0.15, 0.2) is 21.8 Å². The molecule has 12 heteroatoms. The molecule has 0 saturated carbocycles. The predicted octanol–water partition coefficient (Wildman–Crippen LogP) is 6.86. The van der Waals surface area contributed by atoms with E-state index in [2.05, 4.69) is 44.0 Å². The Morgan fingerprint density at radius 2 is 1.28 bits per heavy atom. The van der Waals surface area contributed by atoms with Gasteiger partial charge in [0.25, 0.3) is 5.56 Å². The highest BCUT2D eigenvalue weighted by Crippen LogP contribution is 2.28. The van der Waals surface area contributed by atoms with Crippen molar-refractivity contribution >= 4 is 23.3 Å². The molecule has 46 heavy (non-hydrogen) atoms. The van der Waals surface area contributed by atoms with E-state index in [1.165, 1.54) is 0 Å². The molecule has 0 fully saturated rings. The Bertz CT molecular complexity index is 1940. The van der Waals surface area contributed by atoms with Crippen LogP contribution in [0.3, 0.4) is 0 Å². The average molecular weight is 641 g/mol. The fourth-order valence-electron chi connectivity index (χ4n) is 5.39. The molecule has 0 aliphatic rings. The third-order valence-corrected chi connectivity index (χ3v) is 7.61. The highest BCUT2D eigenvalue weighted by Gasteiger charge is 2.17. The van der Waals surface area contributed by atoms with E-state index in [0.29, 0.717) is 46.5 Å². The van der Waals surface area contributed by atoms with Crippen molar-refractivity contribution in [1.82, 2.24) is 39.2 Å². The second-order valence-corrected chi connectivity index (χ2v) is 11.1. The maximum absolute atomic E-state index is 12.5. The van der Waals surface area contributed by atoms with E-state index in [9.17, 15) is 4.79 Å². The highest BCUT2D eigenvalue weighted by atomic mass is 32.1. The number of imidazole rings is 2. The third kappa shape index (κ3) is 6.57. The first-order valence-corrected chi connectivity index (χ1v) is 16.1. The molecule has 0 amide bonds. The lowest BCUT2D eigenvalue weighted by atomic mass is 10.2. The normalized spacial score (nSPS) is 11.1. The lowest BCUT2D eigenvalue weighted by Gasteiger charge is -2.10. The van der Waals surface area contributed by atoms with Gasteiger partial charge in [-0.25, -0.2) is 24.0 Å². The molecular weight excluding hydrogens is 600 g/mol. The van der Waals surface area contributed by atoms with Crippen molar-refractivity contribution in [2.24, 2.45) is 0 Å². The number of hydrogen-bond donors (Lipinski definition) is 2. The summed E-state index contributed by atoms with van der Waals surface area (Å²) in [7, 11) is 0. The number of ether oxygens (including phenoxy) is 2. The van der Waals surface area contributed by atoms with Gasteiger partial charge in [-0.2, -0.15) is 0 Å². The van der Waals surface area contributed by atoms with Gasteiger partial charge in [0.1, 0.15) is 28.7 Å². The van der Waals surface area contributed by atoms with Crippen LogP contribution in [-0.4, -0.2) is 52.4 Å². The molecule has 6 rings (SSSR count). The zero-order chi connectivity index (χ0) is 32.8. The van der Waals surface area contributed by atoms with Crippen molar-refractivity contribution < 1.29 is 9.47 Å². The zero-order valence-corrected chi connectivity index (χ0v) is 28.0. The van der Waals surface area contributed by atoms with Crippen LogP contribution in [0.25, 0.3) is 33.8 Å². The van der Waals surface area contributed by atoms with Gasteiger partial charge in [0.2, 0.25) is 0 Å². The monoisotopic (exact) mass is 640 g/mol. The van der Waals surface area contributed by atoms with Crippen LogP contribution in [0.1, 0.15) is 63.6 Å². The minimum atomic E-state index is -0.186. The van der Waals surface area contributed by atoms with E-state index in [-0.39, 0.29) is 5.56 Å². The standard InChI is InChI=1S/C17H20N4O2.C17H20N4OS/c1-4-8-14-18-11(3)15-17(22)19-16(20-21(14)15)12-9-6-7-10-13(12)23-5-2;1-4-8-14-18-11(3)15-17(23)19-16(20-21(14)15)12-9-6-7-10-13(12)22-5-2/h6-7,9-10H,4-5,8H2,1-3H3,(H,19,20,22);6-7,9-10H,4-5,8H2,1-3H3,(H,19,20,23). The van der Waals surface area contributed by atoms with Gasteiger partial charge in [0, 0.05) is 12.8 Å². The maximum Gasteiger partial charge on any atom is 0.277 e. The minimum Gasteiger partial charge on any atom is -0.493 e. The van der Waals surface area contributed by atoms with Gasteiger partial charge in [0.05, 0.1) is 35.7 Å². The summed E-state index contributed by atoms with van der Waals surface area (Å²) >= 11 is 5.50. The molecule has 2 aromatic carbocycles. The van der Waals surface area contributed by atoms with Crippen LogP contribution in [0.15, 0.2) is 53.3 Å². The van der Waals surface area contributed by atoms with Gasteiger partial charge < -0.3 is 14.5 Å². The summed E-state index contributed by atoms with van der Waals surface area (Å²) in [5.41, 5.74) is 4.47. The van der Waals surface area contributed by atoms with Crippen molar-refractivity contribution in [2.45, 2.75) is 67.2 Å². The molecule has 240 valence electrons. The topological polar surface area (TPSA) is 127 Å². The summed E-state index contributed by atoms with van der Waals surface area (Å²) < 4.78 is 15.5. The number of benzene rings is 2. The first-order valence-electron chi connectivity index (χ1n) is 15.7. The highest BCUT2D eigenvalue weighted by molar-refractivity contribution is 7.71. The first-order chi connectivity index (χ1) is 22.3. The van der Waals surface area contributed by atoms with E-state index < -0.39 is 0 Å². The summed E-state index contributed by atoms with van der Waals surface area (Å²) in [6, 6.07) is 15.4. The number of nitrogens with zero attached hydrogens (tertiary/aromatic N) is 6. The van der Waals surface area contributed by atoms with Crippen LogP contribution < -0.4 is 15.0 Å². The molecular formula is C34H40N8O3S. The molecule has 0 unspecified atom stereocenters. The number of aromatic nitrogens is 8. The molecule has 0 spiro atoms. The van der Waals surface area contributed by atoms with Crippen LogP contribution >= 0.6 is 12.2 Å². The quantitative estimate of drug-likeness (QED) is 0.156. The van der Waals surface area contributed by atoms with E-state index >= 15 is 0 Å². The molecule has 0 atom stereocenters.